The molecule has 0 radical (unpaired) electrons. The van der Waals surface area contributed by atoms with Gasteiger partial charge in [0.05, 0.1) is 6.04 Å². The zero-order chi connectivity index (χ0) is 15.8. The molecule has 23 heavy (non-hydrogen) atoms. The van der Waals surface area contributed by atoms with Crippen LogP contribution in [-0.2, 0) is 0 Å². The Morgan fingerprint density at radius 3 is 2.96 bits per heavy atom. The molecule has 1 aromatic heterocycles. The minimum atomic E-state index is 0.199. The van der Waals surface area contributed by atoms with Crippen LogP contribution >= 0.6 is 23.8 Å². The maximum Gasteiger partial charge on any atom is 0.169 e. The van der Waals surface area contributed by atoms with Crippen molar-refractivity contribution in [2.45, 2.75) is 37.8 Å². The summed E-state index contributed by atoms with van der Waals surface area (Å²) in [4.78, 5) is 2.24. The van der Waals surface area contributed by atoms with Crippen LogP contribution in [0.5, 0.6) is 0 Å². The van der Waals surface area contributed by atoms with Crippen molar-refractivity contribution in [2.24, 2.45) is 0 Å². The lowest BCUT2D eigenvalue weighted by molar-refractivity contribution is 0.354. The van der Waals surface area contributed by atoms with Crippen LogP contribution in [0.2, 0.25) is 5.02 Å². The number of nitrogens with zero attached hydrogens (tertiary/aromatic N) is 2. The lowest BCUT2D eigenvalue weighted by Gasteiger charge is -2.26. The molecule has 2 aromatic rings. The molecule has 120 valence electrons. The molecule has 6 heteroatoms. The maximum absolute atomic E-state index is 6.05. The standard InChI is InChI=1S/C17H18ClN3OS/c18-12-4-1-3-11(9-12)16-10-14(20-22-16)15-5-2-8-21(15)17(23)19-13-6-7-13/h1,3-4,9-10,13,15H,2,5-8H2,(H,19,23). The number of hydrogen-bond acceptors (Lipinski definition) is 3. The van der Waals surface area contributed by atoms with Crippen molar-refractivity contribution in [3.05, 3.63) is 41.0 Å². The monoisotopic (exact) mass is 347 g/mol. The molecule has 0 bridgehead atoms. The van der Waals surface area contributed by atoms with E-state index >= 15 is 0 Å². The second-order valence-electron chi connectivity index (χ2n) is 6.20. The zero-order valence-corrected chi connectivity index (χ0v) is 14.2. The fourth-order valence-electron chi connectivity index (χ4n) is 3.03. The molecule has 1 saturated carbocycles. The van der Waals surface area contributed by atoms with E-state index in [0.717, 1.165) is 41.5 Å². The summed E-state index contributed by atoms with van der Waals surface area (Å²) in [6, 6.07) is 10.4. The topological polar surface area (TPSA) is 41.3 Å². The number of benzene rings is 1. The van der Waals surface area contributed by atoms with Crippen LogP contribution in [-0.4, -0.2) is 27.8 Å². The van der Waals surface area contributed by atoms with Gasteiger partial charge in [-0.1, -0.05) is 28.9 Å². The second kappa shape index (κ2) is 6.13. The van der Waals surface area contributed by atoms with Crippen molar-refractivity contribution in [3.8, 4) is 11.3 Å². The van der Waals surface area contributed by atoms with E-state index in [9.17, 15) is 0 Å². The van der Waals surface area contributed by atoms with E-state index in [0.29, 0.717) is 11.1 Å². The van der Waals surface area contributed by atoms with Crippen molar-refractivity contribution >= 4 is 28.9 Å². The number of nitrogens with one attached hydrogen (secondary N) is 1. The van der Waals surface area contributed by atoms with Crippen molar-refractivity contribution in [3.63, 3.8) is 0 Å². The molecule has 4 rings (SSSR count). The molecule has 0 spiro atoms. The van der Waals surface area contributed by atoms with Gasteiger partial charge in [0, 0.05) is 29.2 Å². The van der Waals surface area contributed by atoms with Gasteiger partial charge >= 0.3 is 0 Å². The quantitative estimate of drug-likeness (QED) is 0.844. The third-order valence-corrected chi connectivity index (χ3v) is 4.98. The number of aromatic nitrogens is 1. The first-order valence-electron chi connectivity index (χ1n) is 8.00. The highest BCUT2D eigenvalue weighted by atomic mass is 35.5. The summed E-state index contributed by atoms with van der Waals surface area (Å²) in [7, 11) is 0. The van der Waals surface area contributed by atoms with E-state index in [2.05, 4.69) is 15.4 Å². The van der Waals surface area contributed by atoms with Gasteiger partial charge in [-0.25, -0.2) is 0 Å². The molecule has 2 fully saturated rings. The van der Waals surface area contributed by atoms with E-state index in [1.54, 1.807) is 0 Å². The Morgan fingerprint density at radius 2 is 2.17 bits per heavy atom. The first-order chi connectivity index (χ1) is 11.2. The molecule has 4 nitrogen and oxygen atoms in total. The van der Waals surface area contributed by atoms with Gasteiger partial charge in [-0.15, -0.1) is 0 Å². The molecule has 1 unspecified atom stereocenters. The minimum Gasteiger partial charge on any atom is -0.360 e. The predicted molar refractivity (Wildman–Crippen MR) is 94.4 cm³/mol. The van der Waals surface area contributed by atoms with Crippen LogP contribution in [0.3, 0.4) is 0 Å². The highest BCUT2D eigenvalue weighted by molar-refractivity contribution is 7.80. The predicted octanol–water partition coefficient (Wildman–Crippen LogP) is 4.17. The molecule has 1 aliphatic heterocycles. The molecule has 1 aliphatic carbocycles. The van der Waals surface area contributed by atoms with Crippen LogP contribution in [0.1, 0.15) is 37.4 Å². The third kappa shape index (κ3) is 3.21. The van der Waals surface area contributed by atoms with Crippen LogP contribution in [0.4, 0.5) is 0 Å². The van der Waals surface area contributed by atoms with Gasteiger partial charge in [0.2, 0.25) is 0 Å². The Kier molecular flexibility index (Phi) is 3.99. The van der Waals surface area contributed by atoms with Gasteiger partial charge < -0.3 is 14.7 Å². The number of hydrogen-bond donors (Lipinski definition) is 1. The number of halogens is 1. The van der Waals surface area contributed by atoms with E-state index in [4.69, 9.17) is 28.3 Å². The van der Waals surface area contributed by atoms with Gasteiger partial charge in [0.25, 0.3) is 0 Å². The minimum absolute atomic E-state index is 0.199. The molecule has 0 amide bonds. The van der Waals surface area contributed by atoms with Crippen molar-refractivity contribution in [2.75, 3.05) is 6.54 Å². The Balaban J connectivity index is 1.54. The number of rotatable bonds is 3. The Labute approximate surface area is 145 Å². The summed E-state index contributed by atoms with van der Waals surface area (Å²) in [6.07, 6.45) is 4.62. The van der Waals surface area contributed by atoms with E-state index in [1.165, 1.54) is 12.8 Å². The Morgan fingerprint density at radius 1 is 1.30 bits per heavy atom. The van der Waals surface area contributed by atoms with E-state index in [1.807, 2.05) is 30.3 Å². The number of thiocarbonyl (C=S) groups is 1. The van der Waals surface area contributed by atoms with Gasteiger partial charge in [0.15, 0.2) is 10.9 Å². The average Bonchev–Trinajstić information content (AvgIpc) is 3.05. The molecule has 1 atom stereocenters. The third-order valence-electron chi connectivity index (χ3n) is 4.40. The van der Waals surface area contributed by atoms with E-state index < -0.39 is 0 Å². The summed E-state index contributed by atoms with van der Waals surface area (Å²) in [5.41, 5.74) is 1.89. The lowest BCUT2D eigenvalue weighted by atomic mass is 10.1. The summed E-state index contributed by atoms with van der Waals surface area (Å²) in [5.74, 6) is 0.746. The molecular weight excluding hydrogens is 330 g/mol. The summed E-state index contributed by atoms with van der Waals surface area (Å²) in [5, 5.41) is 9.25. The fraction of sp³-hybridized carbons (Fsp3) is 0.412. The van der Waals surface area contributed by atoms with E-state index in [-0.39, 0.29) is 6.04 Å². The fourth-order valence-corrected chi connectivity index (χ4v) is 3.60. The second-order valence-corrected chi connectivity index (χ2v) is 7.02. The van der Waals surface area contributed by atoms with Crippen molar-refractivity contribution in [1.29, 1.82) is 0 Å². The highest BCUT2D eigenvalue weighted by Gasteiger charge is 2.32. The average molecular weight is 348 g/mol. The van der Waals surface area contributed by atoms with Crippen LogP contribution in [0, 0.1) is 0 Å². The van der Waals surface area contributed by atoms with Crippen LogP contribution < -0.4 is 5.32 Å². The van der Waals surface area contributed by atoms with Crippen LogP contribution in [0.25, 0.3) is 11.3 Å². The molecule has 1 aromatic carbocycles. The largest absolute Gasteiger partial charge is 0.360 e. The summed E-state index contributed by atoms with van der Waals surface area (Å²) in [6.45, 7) is 0.975. The molecule has 1 N–H and O–H groups in total. The molecule has 2 aliphatic rings. The first kappa shape index (κ1) is 15.0. The van der Waals surface area contributed by atoms with Gasteiger partial charge in [-0.05, 0) is 50.0 Å². The van der Waals surface area contributed by atoms with Crippen LogP contribution in [0.15, 0.2) is 34.9 Å². The summed E-state index contributed by atoms with van der Waals surface area (Å²) >= 11 is 11.6. The molecule has 1 saturated heterocycles. The summed E-state index contributed by atoms with van der Waals surface area (Å²) < 4.78 is 5.54. The normalized spacial score (nSPS) is 20.7. The zero-order valence-electron chi connectivity index (χ0n) is 12.7. The smallest absolute Gasteiger partial charge is 0.169 e. The van der Waals surface area contributed by atoms with Gasteiger partial charge in [-0.2, -0.15) is 0 Å². The molecular formula is C17H18ClN3OS. The first-order valence-corrected chi connectivity index (χ1v) is 8.79. The number of likely N-dealkylation sites (tertiary alicyclic amines) is 1. The highest BCUT2D eigenvalue weighted by Crippen LogP contribution is 2.34. The lowest BCUT2D eigenvalue weighted by Crippen LogP contribution is -2.40. The van der Waals surface area contributed by atoms with Gasteiger partial charge in [0.1, 0.15) is 5.69 Å². The Hall–Kier alpha value is -1.59. The molecule has 2 heterocycles. The van der Waals surface area contributed by atoms with Crippen molar-refractivity contribution in [1.82, 2.24) is 15.4 Å². The maximum atomic E-state index is 6.05. The SMILES string of the molecule is S=C(NC1CC1)N1CCCC1c1cc(-c2cccc(Cl)c2)on1. The van der Waals surface area contributed by atoms with Gasteiger partial charge in [-0.3, -0.25) is 0 Å². The van der Waals surface area contributed by atoms with Crippen molar-refractivity contribution < 1.29 is 4.52 Å². The Bertz CT molecular complexity index is 728.